The Morgan fingerprint density at radius 3 is 1.30 bits per heavy atom. The molecule has 0 atom stereocenters. The molecule has 0 amide bonds. The summed E-state index contributed by atoms with van der Waals surface area (Å²) in [6.07, 6.45) is 12.0. The van der Waals surface area contributed by atoms with Gasteiger partial charge in [0.05, 0.1) is 11.0 Å². The lowest BCUT2D eigenvalue weighted by Crippen LogP contribution is -2.28. The second-order valence-corrected chi connectivity index (χ2v) is 14.3. The van der Waals surface area contributed by atoms with Gasteiger partial charge in [0, 0.05) is 56.3 Å². The number of benzene rings is 6. The molecule has 6 aromatic carbocycles. The Balaban J connectivity index is 1.23. The third kappa shape index (κ3) is 6.70. The van der Waals surface area contributed by atoms with E-state index in [4.69, 9.17) is 9.97 Å². The van der Waals surface area contributed by atoms with Crippen molar-refractivity contribution >= 4 is 80.8 Å². The van der Waals surface area contributed by atoms with Crippen molar-refractivity contribution in [2.24, 2.45) is 0 Å². The highest BCUT2D eigenvalue weighted by Crippen LogP contribution is 2.37. The highest BCUT2D eigenvalue weighted by molar-refractivity contribution is 5.95. The summed E-state index contributed by atoms with van der Waals surface area (Å²) in [7, 11) is 0. The van der Waals surface area contributed by atoms with Crippen LogP contribution in [0.5, 0.6) is 0 Å². The van der Waals surface area contributed by atoms with Gasteiger partial charge >= 0.3 is 0 Å². The van der Waals surface area contributed by atoms with Gasteiger partial charge in [-0.1, -0.05) is 110 Å². The van der Waals surface area contributed by atoms with Crippen LogP contribution in [0.4, 0.5) is 34.1 Å². The van der Waals surface area contributed by atoms with E-state index in [-0.39, 0.29) is 0 Å². The van der Waals surface area contributed by atoms with E-state index in [0.717, 1.165) is 89.7 Å². The average Bonchev–Trinajstić information content (AvgIpc) is 3.77. The molecule has 0 saturated carbocycles. The Morgan fingerprint density at radius 2 is 0.900 bits per heavy atom. The summed E-state index contributed by atoms with van der Waals surface area (Å²) >= 11 is 0. The molecule has 6 nitrogen and oxygen atoms in total. The molecule has 9 rings (SSSR count). The Bertz CT molecular complexity index is 3030. The summed E-state index contributed by atoms with van der Waals surface area (Å²) in [4.78, 5) is 15.5. The number of hydrogen-bond acceptors (Lipinski definition) is 4. The number of aromatic nitrogens is 4. The molecule has 60 heavy (non-hydrogen) atoms. The highest BCUT2D eigenvalue weighted by atomic mass is 15.2. The fraction of sp³-hybridized carbons (Fsp3) is 0.0370. The predicted molar refractivity (Wildman–Crippen MR) is 254 cm³/mol. The van der Waals surface area contributed by atoms with Crippen LogP contribution in [0.2, 0.25) is 0 Å². The molecule has 0 saturated heterocycles. The van der Waals surface area contributed by atoms with E-state index in [1.165, 1.54) is 0 Å². The number of anilines is 6. The van der Waals surface area contributed by atoms with Crippen LogP contribution in [-0.4, -0.2) is 19.1 Å². The smallest absolute Gasteiger partial charge is 0.166 e. The van der Waals surface area contributed by atoms with Crippen molar-refractivity contribution < 1.29 is 0 Å². The Kier molecular flexibility index (Phi) is 10.3. The van der Waals surface area contributed by atoms with Crippen LogP contribution >= 0.6 is 0 Å². The van der Waals surface area contributed by atoms with Gasteiger partial charge in [0.2, 0.25) is 0 Å². The Hall–Kier alpha value is -7.96. The molecule has 0 spiro atoms. The number of allylic oxidation sites excluding steroid dienone is 2. The van der Waals surface area contributed by atoms with Crippen LogP contribution in [0.15, 0.2) is 195 Å². The zero-order valence-electron chi connectivity index (χ0n) is 33.7. The minimum atomic E-state index is 0.740. The summed E-state index contributed by atoms with van der Waals surface area (Å²) in [5.74, 6) is 0. The topological polar surface area (TPSA) is 42.1 Å². The number of fused-ring (bicyclic) bond motifs is 2. The molecule has 0 aliphatic heterocycles. The van der Waals surface area contributed by atoms with Crippen molar-refractivity contribution in [3.63, 3.8) is 0 Å². The zero-order valence-corrected chi connectivity index (χ0v) is 33.7. The first-order valence-electron chi connectivity index (χ1n) is 20.2. The molecule has 290 valence electrons. The minimum Gasteiger partial charge on any atom is -0.311 e. The van der Waals surface area contributed by atoms with Gasteiger partial charge in [0.15, 0.2) is 11.3 Å². The van der Waals surface area contributed by atoms with Gasteiger partial charge in [-0.05, 0) is 123 Å². The van der Waals surface area contributed by atoms with E-state index in [0.29, 0.717) is 0 Å². The van der Waals surface area contributed by atoms with Gasteiger partial charge in [-0.15, -0.1) is 0 Å². The van der Waals surface area contributed by atoms with Gasteiger partial charge in [-0.3, -0.25) is 9.13 Å². The van der Waals surface area contributed by atoms with Crippen molar-refractivity contribution in [2.45, 2.75) is 13.8 Å². The van der Waals surface area contributed by atoms with E-state index in [2.05, 4.69) is 196 Å². The predicted octanol–water partition coefficient (Wildman–Crippen LogP) is 12.7. The first-order chi connectivity index (χ1) is 29.6. The standard InChI is InChI=1S/C54H44N6/c1-5-21-49-47(7-3)51-53(59(49)45-35-31-43(32-36-45)57(39-23-13-9-14-24-39)40-25-15-10-16-26-40)56-54-52(55-51)48(8-4)50(22-6-2)60(54)46-37-33-44(34-38-46)58(41-27-17-11-18-28-41)42-29-19-12-20-30-42/h5-38H,1,4H2,2-3H3/b22-6-,47-7+,49-21+. The second kappa shape index (κ2) is 16.5. The Morgan fingerprint density at radius 1 is 0.483 bits per heavy atom. The van der Waals surface area contributed by atoms with Crippen molar-refractivity contribution in [2.75, 3.05) is 9.80 Å². The summed E-state index contributed by atoms with van der Waals surface area (Å²) in [5, 5.41) is 1.94. The first kappa shape index (κ1) is 37.6. The molecular formula is C54H44N6. The highest BCUT2D eigenvalue weighted by Gasteiger charge is 2.23. The second-order valence-electron chi connectivity index (χ2n) is 14.3. The quantitative estimate of drug-likeness (QED) is 0.131. The van der Waals surface area contributed by atoms with Gasteiger partial charge in [-0.25, -0.2) is 9.97 Å². The number of nitrogens with zero attached hydrogens (tertiary/aromatic N) is 6. The van der Waals surface area contributed by atoms with Crippen molar-refractivity contribution in [3.8, 4) is 11.4 Å². The van der Waals surface area contributed by atoms with Gasteiger partial charge in [0.25, 0.3) is 0 Å². The third-order valence-electron chi connectivity index (χ3n) is 10.7. The van der Waals surface area contributed by atoms with E-state index < -0.39 is 0 Å². The summed E-state index contributed by atoms with van der Waals surface area (Å²) in [5.41, 5.74) is 13.3. The fourth-order valence-electron chi connectivity index (χ4n) is 8.11. The van der Waals surface area contributed by atoms with Gasteiger partial charge in [0.1, 0.15) is 11.0 Å². The van der Waals surface area contributed by atoms with Crippen molar-refractivity contribution in [1.82, 2.24) is 19.1 Å². The molecule has 9 aromatic rings. The normalized spacial score (nSPS) is 12.1. The molecule has 0 aliphatic rings. The maximum atomic E-state index is 5.55. The van der Waals surface area contributed by atoms with Crippen LogP contribution in [-0.2, 0) is 0 Å². The van der Waals surface area contributed by atoms with Crippen LogP contribution in [0.3, 0.4) is 0 Å². The largest absolute Gasteiger partial charge is 0.311 e. The summed E-state index contributed by atoms with van der Waals surface area (Å²) in [6.45, 7) is 12.4. The van der Waals surface area contributed by atoms with E-state index >= 15 is 0 Å². The lowest BCUT2D eigenvalue weighted by Gasteiger charge is -2.25. The first-order valence-corrected chi connectivity index (χ1v) is 20.2. The van der Waals surface area contributed by atoms with Gasteiger partial charge in [-0.2, -0.15) is 0 Å². The van der Waals surface area contributed by atoms with Crippen LogP contribution in [0.25, 0.3) is 58.0 Å². The molecule has 0 N–H and O–H groups in total. The molecule has 0 bridgehead atoms. The molecule has 0 fully saturated rings. The SMILES string of the molecule is C=C/C=c1\c(=C/C)c2nc3c(C=C)c(/C=C\C)n(-c4ccc(N(c5ccccc5)c5ccccc5)cc4)c3nc2n1-c1ccc(N(c2ccccc2)c2ccccc2)cc1. The molecule has 6 heteroatoms. The summed E-state index contributed by atoms with van der Waals surface area (Å²) < 4.78 is 4.39. The lowest BCUT2D eigenvalue weighted by molar-refractivity contribution is 1.03. The summed E-state index contributed by atoms with van der Waals surface area (Å²) in [6, 6.07) is 59.1. The minimum absolute atomic E-state index is 0.740. The molecule has 3 aromatic heterocycles. The number of rotatable bonds is 11. The monoisotopic (exact) mass is 776 g/mol. The zero-order chi connectivity index (χ0) is 41.0. The fourth-order valence-corrected chi connectivity index (χ4v) is 8.11. The molecule has 0 aliphatic carbocycles. The van der Waals surface area contributed by atoms with E-state index in [1.807, 2.05) is 56.3 Å². The number of hydrogen-bond donors (Lipinski definition) is 0. The van der Waals surface area contributed by atoms with Gasteiger partial charge < -0.3 is 9.80 Å². The molecule has 3 heterocycles. The maximum absolute atomic E-state index is 5.55. The van der Waals surface area contributed by atoms with E-state index in [1.54, 1.807) is 0 Å². The average molecular weight is 777 g/mol. The third-order valence-corrected chi connectivity index (χ3v) is 10.7. The van der Waals surface area contributed by atoms with Crippen LogP contribution in [0, 0.1) is 0 Å². The van der Waals surface area contributed by atoms with Crippen LogP contribution < -0.4 is 20.4 Å². The molecule has 0 radical (unpaired) electrons. The van der Waals surface area contributed by atoms with Crippen molar-refractivity contribution in [1.29, 1.82) is 0 Å². The molecular weight excluding hydrogens is 733 g/mol. The van der Waals surface area contributed by atoms with Crippen LogP contribution in [0.1, 0.15) is 25.1 Å². The lowest BCUT2D eigenvalue weighted by atomic mass is 10.1. The van der Waals surface area contributed by atoms with E-state index in [9.17, 15) is 0 Å². The maximum Gasteiger partial charge on any atom is 0.166 e. The Labute approximate surface area is 350 Å². The van der Waals surface area contributed by atoms with Crippen molar-refractivity contribution in [3.05, 3.63) is 217 Å². The number of para-hydroxylation sites is 4. The molecule has 0 unspecified atom stereocenters.